The molecule has 0 bridgehead atoms. The Hall–Kier alpha value is -1.19. The first-order valence-electron chi connectivity index (χ1n) is 6.28. The van der Waals surface area contributed by atoms with E-state index in [1.807, 2.05) is 0 Å². The predicted molar refractivity (Wildman–Crippen MR) is 78.2 cm³/mol. The summed E-state index contributed by atoms with van der Waals surface area (Å²) in [5.74, 6) is 0. The average molecular weight is 260 g/mol. The summed E-state index contributed by atoms with van der Waals surface area (Å²) in [6, 6.07) is 8.71. The molecule has 1 unspecified atom stereocenters. The molecule has 0 saturated carbocycles. The van der Waals surface area contributed by atoms with Gasteiger partial charge in [0.05, 0.1) is 10.7 Å². The molecule has 2 rings (SSSR count). The molecule has 0 spiro atoms. The first kappa shape index (κ1) is 13.2. The van der Waals surface area contributed by atoms with Crippen molar-refractivity contribution >= 4 is 11.3 Å². The van der Waals surface area contributed by atoms with Crippen molar-refractivity contribution in [3.05, 3.63) is 51.0 Å². The SMILES string of the molecule is Cc1cccc(CC(N)Cc2nc(C)c(C)s2)c1. The molecule has 1 aromatic heterocycles. The Morgan fingerprint density at radius 2 is 2.00 bits per heavy atom. The van der Waals surface area contributed by atoms with E-state index in [1.165, 1.54) is 16.0 Å². The molecule has 2 aromatic rings. The Bertz CT molecular complexity index is 512. The highest BCUT2D eigenvalue weighted by Gasteiger charge is 2.10. The fraction of sp³-hybridized carbons (Fsp3) is 0.400. The molecule has 1 atom stereocenters. The minimum atomic E-state index is 0.150. The Balaban J connectivity index is 1.98. The first-order chi connectivity index (χ1) is 8.54. The molecule has 3 heteroatoms. The Kier molecular flexibility index (Phi) is 4.15. The summed E-state index contributed by atoms with van der Waals surface area (Å²) in [4.78, 5) is 5.85. The van der Waals surface area contributed by atoms with Crippen LogP contribution in [0.1, 0.15) is 26.7 Å². The van der Waals surface area contributed by atoms with Gasteiger partial charge in [0.1, 0.15) is 0 Å². The third-order valence-electron chi connectivity index (χ3n) is 3.09. The number of hydrogen-bond acceptors (Lipinski definition) is 3. The van der Waals surface area contributed by atoms with Crippen LogP contribution in [0.3, 0.4) is 0 Å². The third-order valence-corrected chi connectivity index (χ3v) is 4.19. The minimum absolute atomic E-state index is 0.150. The molecule has 18 heavy (non-hydrogen) atoms. The number of aryl methyl sites for hydroxylation is 3. The van der Waals surface area contributed by atoms with Crippen LogP contribution in [0.4, 0.5) is 0 Å². The lowest BCUT2D eigenvalue weighted by molar-refractivity contribution is 0.661. The number of thiazole rings is 1. The van der Waals surface area contributed by atoms with Crippen molar-refractivity contribution in [1.82, 2.24) is 4.98 Å². The van der Waals surface area contributed by atoms with Crippen LogP contribution in [-0.4, -0.2) is 11.0 Å². The molecule has 0 saturated heterocycles. The summed E-state index contributed by atoms with van der Waals surface area (Å²) >= 11 is 1.77. The monoisotopic (exact) mass is 260 g/mol. The molecule has 0 aliphatic carbocycles. The van der Waals surface area contributed by atoms with Gasteiger partial charge >= 0.3 is 0 Å². The van der Waals surface area contributed by atoms with Gasteiger partial charge in [-0.25, -0.2) is 4.98 Å². The van der Waals surface area contributed by atoms with Gasteiger partial charge in [-0.1, -0.05) is 29.8 Å². The summed E-state index contributed by atoms with van der Waals surface area (Å²) in [5, 5.41) is 1.16. The Morgan fingerprint density at radius 1 is 1.22 bits per heavy atom. The van der Waals surface area contributed by atoms with Crippen molar-refractivity contribution in [2.24, 2.45) is 5.73 Å². The van der Waals surface area contributed by atoms with Crippen LogP contribution in [0.5, 0.6) is 0 Å². The average Bonchev–Trinajstić information content (AvgIpc) is 2.57. The summed E-state index contributed by atoms with van der Waals surface area (Å²) < 4.78 is 0. The topological polar surface area (TPSA) is 38.9 Å². The lowest BCUT2D eigenvalue weighted by Crippen LogP contribution is -2.25. The van der Waals surface area contributed by atoms with Crippen molar-refractivity contribution in [3.63, 3.8) is 0 Å². The van der Waals surface area contributed by atoms with Gasteiger partial charge in [0.2, 0.25) is 0 Å². The van der Waals surface area contributed by atoms with E-state index in [0.29, 0.717) is 0 Å². The standard InChI is InChI=1S/C15H20N2S/c1-10-5-4-6-13(7-10)8-14(16)9-15-17-11(2)12(3)18-15/h4-7,14H,8-9,16H2,1-3H3. The van der Waals surface area contributed by atoms with E-state index < -0.39 is 0 Å². The van der Waals surface area contributed by atoms with Gasteiger partial charge in [-0.05, 0) is 32.8 Å². The highest BCUT2D eigenvalue weighted by Crippen LogP contribution is 2.18. The summed E-state index contributed by atoms with van der Waals surface area (Å²) in [7, 11) is 0. The molecule has 0 amide bonds. The second kappa shape index (κ2) is 5.63. The van der Waals surface area contributed by atoms with Crippen LogP contribution in [0.15, 0.2) is 24.3 Å². The maximum Gasteiger partial charge on any atom is 0.0946 e. The minimum Gasteiger partial charge on any atom is -0.327 e. The summed E-state index contributed by atoms with van der Waals surface area (Å²) in [6.45, 7) is 6.28. The number of aromatic nitrogens is 1. The second-order valence-electron chi connectivity index (χ2n) is 4.91. The van der Waals surface area contributed by atoms with Gasteiger partial charge in [0.15, 0.2) is 0 Å². The van der Waals surface area contributed by atoms with Crippen molar-refractivity contribution in [2.45, 2.75) is 39.7 Å². The smallest absolute Gasteiger partial charge is 0.0946 e. The van der Waals surface area contributed by atoms with Crippen molar-refractivity contribution in [3.8, 4) is 0 Å². The molecule has 0 aliphatic rings. The molecule has 0 fully saturated rings. The molecular formula is C15H20N2S. The van der Waals surface area contributed by atoms with Gasteiger partial charge in [-0.2, -0.15) is 0 Å². The number of nitrogens with zero attached hydrogens (tertiary/aromatic N) is 1. The van der Waals surface area contributed by atoms with Crippen LogP contribution >= 0.6 is 11.3 Å². The first-order valence-corrected chi connectivity index (χ1v) is 7.10. The van der Waals surface area contributed by atoms with E-state index in [4.69, 9.17) is 5.73 Å². The van der Waals surface area contributed by atoms with Crippen LogP contribution in [0.2, 0.25) is 0 Å². The normalized spacial score (nSPS) is 12.7. The highest BCUT2D eigenvalue weighted by atomic mass is 32.1. The summed E-state index contributed by atoms with van der Waals surface area (Å²) in [6.07, 6.45) is 1.78. The zero-order chi connectivity index (χ0) is 13.1. The lowest BCUT2D eigenvalue weighted by Gasteiger charge is -2.10. The van der Waals surface area contributed by atoms with Crippen LogP contribution in [-0.2, 0) is 12.8 Å². The van der Waals surface area contributed by atoms with Gasteiger partial charge < -0.3 is 5.73 Å². The van der Waals surface area contributed by atoms with Crippen molar-refractivity contribution in [1.29, 1.82) is 0 Å². The second-order valence-corrected chi connectivity index (χ2v) is 6.19. The van der Waals surface area contributed by atoms with Gasteiger partial charge in [0, 0.05) is 17.3 Å². The highest BCUT2D eigenvalue weighted by molar-refractivity contribution is 7.11. The quantitative estimate of drug-likeness (QED) is 0.917. The Labute approximate surface area is 113 Å². The maximum atomic E-state index is 6.21. The van der Waals surface area contributed by atoms with E-state index in [-0.39, 0.29) is 6.04 Å². The van der Waals surface area contributed by atoms with E-state index in [9.17, 15) is 0 Å². The number of rotatable bonds is 4. The molecular weight excluding hydrogens is 240 g/mol. The van der Waals surface area contributed by atoms with Crippen molar-refractivity contribution < 1.29 is 0 Å². The number of benzene rings is 1. The molecule has 2 N–H and O–H groups in total. The van der Waals surface area contributed by atoms with E-state index in [1.54, 1.807) is 11.3 Å². The van der Waals surface area contributed by atoms with E-state index in [0.717, 1.165) is 23.5 Å². The molecule has 0 radical (unpaired) electrons. The lowest BCUT2D eigenvalue weighted by atomic mass is 10.0. The molecule has 1 heterocycles. The molecule has 2 nitrogen and oxygen atoms in total. The molecule has 1 aromatic carbocycles. The van der Waals surface area contributed by atoms with Crippen LogP contribution in [0.25, 0.3) is 0 Å². The Morgan fingerprint density at radius 3 is 2.61 bits per heavy atom. The van der Waals surface area contributed by atoms with Crippen molar-refractivity contribution in [2.75, 3.05) is 0 Å². The van der Waals surface area contributed by atoms with Crippen LogP contribution < -0.4 is 5.73 Å². The largest absolute Gasteiger partial charge is 0.327 e. The van der Waals surface area contributed by atoms with E-state index >= 15 is 0 Å². The number of hydrogen-bond donors (Lipinski definition) is 1. The van der Waals surface area contributed by atoms with Crippen LogP contribution in [0, 0.1) is 20.8 Å². The fourth-order valence-electron chi connectivity index (χ4n) is 2.06. The molecule has 96 valence electrons. The predicted octanol–water partition coefficient (Wildman–Crippen LogP) is 3.18. The maximum absolute atomic E-state index is 6.21. The summed E-state index contributed by atoms with van der Waals surface area (Å²) in [5.41, 5.74) is 9.96. The third kappa shape index (κ3) is 3.40. The van der Waals surface area contributed by atoms with E-state index in [2.05, 4.69) is 50.0 Å². The van der Waals surface area contributed by atoms with Gasteiger partial charge in [0.25, 0.3) is 0 Å². The van der Waals surface area contributed by atoms with Gasteiger partial charge in [-0.3, -0.25) is 0 Å². The fourth-order valence-corrected chi connectivity index (χ4v) is 3.09. The number of nitrogens with two attached hydrogens (primary N) is 1. The zero-order valence-electron chi connectivity index (χ0n) is 11.2. The molecule has 0 aliphatic heterocycles. The zero-order valence-corrected chi connectivity index (χ0v) is 12.1. The van der Waals surface area contributed by atoms with Gasteiger partial charge in [-0.15, -0.1) is 11.3 Å².